The number of methoxy groups -OCH3 is 2. The molecule has 0 bridgehead atoms. The van der Waals surface area contributed by atoms with E-state index in [4.69, 9.17) is 33.2 Å². The summed E-state index contributed by atoms with van der Waals surface area (Å²) in [5.74, 6) is -0.870. The van der Waals surface area contributed by atoms with Crippen LogP contribution in [0.2, 0.25) is 0 Å². The van der Waals surface area contributed by atoms with E-state index in [0.717, 1.165) is 4.90 Å². The minimum atomic E-state index is -0.874. The summed E-state index contributed by atoms with van der Waals surface area (Å²) in [6, 6.07) is 9.44. The fourth-order valence-corrected chi connectivity index (χ4v) is 5.78. The lowest BCUT2D eigenvalue weighted by Gasteiger charge is -2.49. The zero-order chi connectivity index (χ0) is 26.4. The van der Waals surface area contributed by atoms with Crippen molar-refractivity contribution in [3.05, 3.63) is 30.3 Å². The van der Waals surface area contributed by atoms with E-state index in [1.807, 2.05) is 56.3 Å². The molecule has 36 heavy (non-hydrogen) atoms. The van der Waals surface area contributed by atoms with E-state index < -0.39 is 54.2 Å². The maximum atomic E-state index is 12.1. The SMILES string of the molecule is CO[C@H]1[C@H](O[C@H]2[C@H](N(C)C)[C@@H](OC(C)=O)C(Sc3ccccc3)O[C@@H]2C)OC[C@@H](OC)[C@@H]1OC(C)=O. The average Bonchev–Trinajstić information content (AvgIpc) is 2.82. The van der Waals surface area contributed by atoms with Crippen LogP contribution in [0, 0.1) is 0 Å². The third kappa shape index (κ3) is 6.97. The topological polar surface area (TPSA) is 102 Å². The van der Waals surface area contributed by atoms with E-state index in [9.17, 15) is 9.59 Å². The lowest BCUT2D eigenvalue weighted by atomic mass is 9.95. The maximum absolute atomic E-state index is 12.1. The number of ether oxygens (including phenoxy) is 7. The minimum Gasteiger partial charge on any atom is -0.457 e. The Morgan fingerprint density at radius 3 is 2.14 bits per heavy atom. The Hall–Kier alpha value is -1.73. The Bertz CT molecular complexity index is 857. The van der Waals surface area contributed by atoms with E-state index in [1.165, 1.54) is 39.8 Å². The molecule has 2 saturated heterocycles. The van der Waals surface area contributed by atoms with Gasteiger partial charge in [0.25, 0.3) is 0 Å². The van der Waals surface area contributed by atoms with Crippen LogP contribution < -0.4 is 0 Å². The summed E-state index contributed by atoms with van der Waals surface area (Å²) in [5, 5.41) is 0. The third-order valence-electron chi connectivity index (χ3n) is 6.20. The Kier molecular flexibility index (Phi) is 10.6. The number of hydrogen-bond donors (Lipinski definition) is 0. The van der Waals surface area contributed by atoms with Crippen LogP contribution >= 0.6 is 11.8 Å². The first-order valence-electron chi connectivity index (χ1n) is 11.9. The first-order chi connectivity index (χ1) is 17.2. The van der Waals surface area contributed by atoms with Crippen LogP contribution in [0.25, 0.3) is 0 Å². The second-order valence-corrected chi connectivity index (χ2v) is 10.2. The first kappa shape index (κ1) is 28.8. The molecule has 0 radical (unpaired) electrons. The van der Waals surface area contributed by atoms with Gasteiger partial charge in [0.1, 0.15) is 23.7 Å². The van der Waals surface area contributed by atoms with Gasteiger partial charge in [-0.25, -0.2) is 0 Å². The van der Waals surface area contributed by atoms with Gasteiger partial charge >= 0.3 is 11.9 Å². The molecule has 11 heteroatoms. The number of carbonyl (C=O) groups excluding carboxylic acids is 2. The van der Waals surface area contributed by atoms with Gasteiger partial charge in [-0.15, -0.1) is 0 Å². The molecule has 10 nitrogen and oxygen atoms in total. The molecule has 0 N–H and O–H groups in total. The molecule has 2 aliphatic rings. The van der Waals surface area contributed by atoms with Crippen LogP contribution in [0.1, 0.15) is 20.8 Å². The van der Waals surface area contributed by atoms with Gasteiger partial charge in [0.05, 0.1) is 18.8 Å². The number of hydrogen-bond acceptors (Lipinski definition) is 11. The summed E-state index contributed by atoms with van der Waals surface area (Å²) in [6.07, 6.45) is -4.44. The Morgan fingerprint density at radius 2 is 1.58 bits per heavy atom. The summed E-state index contributed by atoms with van der Waals surface area (Å²) in [7, 11) is 6.82. The fourth-order valence-electron chi connectivity index (χ4n) is 4.62. The van der Waals surface area contributed by atoms with E-state index in [-0.39, 0.29) is 18.8 Å². The lowest BCUT2D eigenvalue weighted by Crippen LogP contribution is -2.65. The molecule has 0 aliphatic carbocycles. The second kappa shape index (κ2) is 13.2. The van der Waals surface area contributed by atoms with Crippen molar-refractivity contribution in [1.82, 2.24) is 4.90 Å². The van der Waals surface area contributed by atoms with Crippen LogP contribution in [-0.2, 0) is 42.7 Å². The lowest BCUT2D eigenvalue weighted by molar-refractivity contribution is -0.316. The predicted octanol–water partition coefficient (Wildman–Crippen LogP) is 2.09. The number of carbonyl (C=O) groups is 2. The molecule has 1 unspecified atom stereocenters. The van der Waals surface area contributed by atoms with Gasteiger partial charge in [0.15, 0.2) is 18.5 Å². The zero-order valence-electron chi connectivity index (χ0n) is 21.8. The highest BCUT2D eigenvalue weighted by Gasteiger charge is 2.52. The van der Waals surface area contributed by atoms with Crippen molar-refractivity contribution in [2.45, 2.75) is 80.1 Å². The molecular weight excluding hydrogens is 490 g/mol. The summed E-state index contributed by atoms with van der Waals surface area (Å²) in [6.45, 7) is 4.77. The Labute approximate surface area is 216 Å². The summed E-state index contributed by atoms with van der Waals surface area (Å²) >= 11 is 1.49. The van der Waals surface area contributed by atoms with Crippen molar-refractivity contribution < 1.29 is 42.7 Å². The fraction of sp³-hybridized carbons (Fsp3) is 0.680. The third-order valence-corrected chi connectivity index (χ3v) is 7.35. The first-order valence-corrected chi connectivity index (χ1v) is 12.7. The second-order valence-electron chi connectivity index (χ2n) is 9.02. The number of benzene rings is 1. The highest BCUT2D eigenvalue weighted by molar-refractivity contribution is 7.99. The number of thioether (sulfide) groups is 1. The summed E-state index contributed by atoms with van der Waals surface area (Å²) < 4.78 is 41.3. The van der Waals surface area contributed by atoms with Crippen molar-refractivity contribution in [2.75, 3.05) is 34.9 Å². The smallest absolute Gasteiger partial charge is 0.303 e. The maximum Gasteiger partial charge on any atom is 0.303 e. The number of nitrogens with zero attached hydrogens (tertiary/aromatic N) is 1. The van der Waals surface area contributed by atoms with Crippen molar-refractivity contribution in [3.8, 4) is 0 Å². The standard InChI is InChI=1S/C25H37NO9S/c1-14-20(35-24-23(30-7)21(33-15(2)27)18(29-6)13-31-24)19(26(4)5)22(34-16(3)28)25(32-14)36-17-11-9-8-10-12-17/h8-12,14,18-25H,13H2,1-7H3/t14-,18-,19+,20-,21+,22-,23-,24+,25?/m1/s1. The minimum absolute atomic E-state index is 0.146. The van der Waals surface area contributed by atoms with Crippen molar-refractivity contribution in [2.24, 2.45) is 0 Å². The number of rotatable bonds is 9. The molecule has 9 atom stereocenters. The zero-order valence-corrected chi connectivity index (χ0v) is 22.6. The Balaban J connectivity index is 1.87. The summed E-state index contributed by atoms with van der Waals surface area (Å²) in [4.78, 5) is 26.8. The highest BCUT2D eigenvalue weighted by atomic mass is 32.2. The highest BCUT2D eigenvalue weighted by Crippen LogP contribution is 2.38. The molecule has 1 aromatic carbocycles. The largest absolute Gasteiger partial charge is 0.457 e. The molecular formula is C25H37NO9S. The van der Waals surface area contributed by atoms with Crippen molar-refractivity contribution in [3.63, 3.8) is 0 Å². The van der Waals surface area contributed by atoms with E-state index in [2.05, 4.69) is 0 Å². The molecule has 0 spiro atoms. The van der Waals surface area contributed by atoms with Gasteiger partial charge in [-0.3, -0.25) is 9.59 Å². The van der Waals surface area contributed by atoms with Crippen LogP contribution in [0.4, 0.5) is 0 Å². The van der Waals surface area contributed by atoms with Gasteiger partial charge < -0.3 is 38.1 Å². The van der Waals surface area contributed by atoms with Gasteiger partial charge in [0, 0.05) is 33.0 Å². The van der Waals surface area contributed by atoms with E-state index in [0.29, 0.717) is 0 Å². The number of esters is 2. The molecule has 0 aromatic heterocycles. The van der Waals surface area contributed by atoms with Crippen molar-refractivity contribution in [1.29, 1.82) is 0 Å². The van der Waals surface area contributed by atoms with E-state index in [1.54, 1.807) is 0 Å². The molecule has 202 valence electrons. The van der Waals surface area contributed by atoms with Crippen LogP contribution in [0.5, 0.6) is 0 Å². The van der Waals surface area contributed by atoms with Crippen LogP contribution in [-0.4, -0.2) is 106 Å². The number of likely N-dealkylation sites (N-methyl/N-ethyl adjacent to an activating group) is 1. The van der Waals surface area contributed by atoms with Gasteiger partial charge in [-0.05, 0) is 33.2 Å². The van der Waals surface area contributed by atoms with Crippen LogP contribution in [0.3, 0.4) is 0 Å². The molecule has 2 aliphatic heterocycles. The molecule has 0 amide bonds. The molecule has 2 heterocycles. The normalized spacial score (nSPS) is 34.8. The molecule has 3 rings (SSSR count). The van der Waals surface area contributed by atoms with Crippen molar-refractivity contribution >= 4 is 23.7 Å². The average molecular weight is 528 g/mol. The quantitative estimate of drug-likeness (QED) is 0.441. The predicted molar refractivity (Wildman–Crippen MR) is 131 cm³/mol. The monoisotopic (exact) mass is 527 g/mol. The molecule has 0 saturated carbocycles. The van der Waals surface area contributed by atoms with Gasteiger partial charge in [-0.1, -0.05) is 30.0 Å². The summed E-state index contributed by atoms with van der Waals surface area (Å²) in [5.41, 5.74) is -0.462. The van der Waals surface area contributed by atoms with Gasteiger partial charge in [-0.2, -0.15) is 0 Å². The van der Waals surface area contributed by atoms with Crippen LogP contribution in [0.15, 0.2) is 35.2 Å². The molecule has 2 fully saturated rings. The van der Waals surface area contributed by atoms with Gasteiger partial charge in [0.2, 0.25) is 0 Å². The van der Waals surface area contributed by atoms with E-state index >= 15 is 0 Å². The molecule has 1 aromatic rings. The Morgan fingerprint density at radius 1 is 0.944 bits per heavy atom.